The number of fused-ring (bicyclic) bond motifs is 4. The van der Waals surface area contributed by atoms with E-state index in [4.69, 9.17) is 22.1 Å². The molecule has 0 saturated carbocycles. The molecule has 3 aromatic rings. The number of nitrogens with zero attached hydrogens (tertiary/aromatic N) is 3. The third-order valence-electron chi connectivity index (χ3n) is 6.53. The molecule has 1 unspecified atom stereocenters. The maximum absolute atomic E-state index is 14.4. The number of nitriles is 1. The number of para-hydroxylation sites is 1. The highest BCUT2D eigenvalue weighted by Crippen LogP contribution is 2.54. The van der Waals surface area contributed by atoms with Crippen molar-refractivity contribution in [2.45, 2.75) is 32.4 Å². The highest BCUT2D eigenvalue weighted by Gasteiger charge is 2.60. The van der Waals surface area contributed by atoms with Crippen LogP contribution in [0.4, 0.5) is 5.69 Å². The van der Waals surface area contributed by atoms with E-state index in [0.29, 0.717) is 28.5 Å². The number of ether oxygens (including phenoxy) is 1. The van der Waals surface area contributed by atoms with E-state index in [-0.39, 0.29) is 34.9 Å². The van der Waals surface area contributed by atoms with E-state index in [9.17, 15) is 14.9 Å². The van der Waals surface area contributed by atoms with E-state index in [2.05, 4.69) is 6.07 Å². The summed E-state index contributed by atoms with van der Waals surface area (Å²) in [6, 6.07) is 18.1. The molecule has 0 bridgehead atoms. The number of amides is 1. The number of aryl methyl sites for hydroxylation is 1. The van der Waals surface area contributed by atoms with Gasteiger partial charge in [0.2, 0.25) is 11.8 Å². The first-order valence-electron chi connectivity index (χ1n) is 10.8. The van der Waals surface area contributed by atoms with Crippen molar-refractivity contribution in [3.63, 3.8) is 0 Å². The van der Waals surface area contributed by atoms with E-state index < -0.39 is 11.3 Å². The fourth-order valence-corrected chi connectivity index (χ4v) is 5.17. The Hall–Kier alpha value is -4.02. The predicted molar refractivity (Wildman–Crippen MR) is 128 cm³/mol. The molecular formula is C26H21ClN4O3. The summed E-state index contributed by atoms with van der Waals surface area (Å²) in [5, 5.41) is 10.8. The van der Waals surface area contributed by atoms with Gasteiger partial charge in [-0.1, -0.05) is 41.9 Å². The quantitative estimate of drug-likeness (QED) is 0.625. The number of nitrogens with two attached hydrogens (primary N) is 1. The molecule has 1 atom stereocenters. The fraction of sp³-hybridized carbons (Fsp3) is 0.192. The number of benzene rings is 2. The molecule has 1 aromatic heterocycles. The van der Waals surface area contributed by atoms with E-state index in [1.165, 1.54) is 0 Å². The predicted octanol–water partition coefficient (Wildman–Crippen LogP) is 3.75. The molecule has 5 rings (SSSR count). The Labute approximate surface area is 201 Å². The normalized spacial score (nSPS) is 18.5. The Bertz CT molecular complexity index is 1480. The zero-order valence-corrected chi connectivity index (χ0v) is 19.4. The fourth-order valence-electron chi connectivity index (χ4n) is 5.04. The maximum Gasteiger partial charge on any atom is 0.259 e. The van der Waals surface area contributed by atoms with Gasteiger partial charge in [-0.15, -0.1) is 0 Å². The zero-order chi connectivity index (χ0) is 24.2. The molecular weight excluding hydrogens is 452 g/mol. The lowest BCUT2D eigenvalue weighted by molar-refractivity contribution is -0.121. The van der Waals surface area contributed by atoms with Gasteiger partial charge in [0.1, 0.15) is 17.4 Å². The van der Waals surface area contributed by atoms with Crippen LogP contribution in [-0.4, -0.2) is 10.5 Å². The lowest BCUT2D eigenvalue weighted by atomic mass is 9.69. The number of carbonyl (C=O) groups excluding carboxylic acids is 1. The Morgan fingerprint density at radius 1 is 1.15 bits per heavy atom. The van der Waals surface area contributed by atoms with Crippen LogP contribution in [-0.2, 0) is 23.3 Å². The third-order valence-corrected chi connectivity index (χ3v) is 6.79. The first-order chi connectivity index (χ1) is 16.3. The van der Waals surface area contributed by atoms with Crippen molar-refractivity contribution in [2.24, 2.45) is 5.73 Å². The largest absolute Gasteiger partial charge is 0.440 e. The van der Waals surface area contributed by atoms with E-state index in [0.717, 1.165) is 5.56 Å². The second kappa shape index (κ2) is 7.79. The van der Waals surface area contributed by atoms with Crippen LogP contribution in [0.1, 0.15) is 29.3 Å². The minimum atomic E-state index is -1.70. The standard InChI is InChI=1S/C26H21ClN4O3/c1-3-30-15(2)12-21-22(24(30)32)26(19(13-28)23(29)34-21)18-6-4-5-7-20(18)31(25(26)33)14-16-8-10-17(27)11-9-16/h4-12H,3,14,29H2,1-2H3. The topological polar surface area (TPSA) is 101 Å². The molecule has 8 heteroatoms. The Morgan fingerprint density at radius 2 is 1.85 bits per heavy atom. The molecule has 1 amide bonds. The molecule has 0 saturated heterocycles. The van der Waals surface area contributed by atoms with Crippen molar-refractivity contribution in [3.05, 3.63) is 104 Å². The van der Waals surface area contributed by atoms with Crippen molar-refractivity contribution in [3.8, 4) is 11.8 Å². The van der Waals surface area contributed by atoms with Crippen LogP contribution in [0.25, 0.3) is 0 Å². The van der Waals surface area contributed by atoms with Gasteiger partial charge in [0, 0.05) is 34.6 Å². The van der Waals surface area contributed by atoms with Crippen LogP contribution in [0.5, 0.6) is 5.75 Å². The van der Waals surface area contributed by atoms with Crippen LogP contribution in [0.2, 0.25) is 5.02 Å². The van der Waals surface area contributed by atoms with Gasteiger partial charge in [-0.3, -0.25) is 9.59 Å². The summed E-state index contributed by atoms with van der Waals surface area (Å²) >= 11 is 6.04. The number of hydrogen-bond donors (Lipinski definition) is 1. The van der Waals surface area contributed by atoms with Gasteiger partial charge in [-0.05, 0) is 37.6 Å². The van der Waals surface area contributed by atoms with Crippen molar-refractivity contribution in [1.82, 2.24) is 4.57 Å². The third kappa shape index (κ3) is 2.82. The summed E-state index contributed by atoms with van der Waals surface area (Å²) in [4.78, 5) is 29.7. The Balaban J connectivity index is 1.84. The van der Waals surface area contributed by atoms with Crippen molar-refractivity contribution < 1.29 is 9.53 Å². The Morgan fingerprint density at radius 3 is 2.53 bits per heavy atom. The molecule has 170 valence electrons. The molecule has 2 aliphatic heterocycles. The van der Waals surface area contributed by atoms with Gasteiger partial charge in [-0.25, -0.2) is 0 Å². The van der Waals surface area contributed by atoms with Gasteiger partial charge in [0.05, 0.1) is 12.1 Å². The molecule has 0 radical (unpaired) electrons. The summed E-state index contributed by atoms with van der Waals surface area (Å²) in [5.41, 5.74) is 6.82. The van der Waals surface area contributed by atoms with E-state index in [1.807, 2.05) is 31.2 Å². The number of rotatable bonds is 3. The number of halogens is 1. The summed E-state index contributed by atoms with van der Waals surface area (Å²) in [5.74, 6) is -0.406. The van der Waals surface area contributed by atoms with Crippen molar-refractivity contribution in [1.29, 1.82) is 5.26 Å². The molecule has 34 heavy (non-hydrogen) atoms. The highest BCUT2D eigenvalue weighted by atomic mass is 35.5. The average Bonchev–Trinajstić information content (AvgIpc) is 3.04. The van der Waals surface area contributed by atoms with Crippen LogP contribution in [0, 0.1) is 18.3 Å². The lowest BCUT2D eigenvalue weighted by Crippen LogP contribution is -2.49. The summed E-state index contributed by atoms with van der Waals surface area (Å²) in [7, 11) is 0. The van der Waals surface area contributed by atoms with Crippen LogP contribution >= 0.6 is 11.6 Å². The van der Waals surface area contributed by atoms with Gasteiger partial charge < -0.3 is 19.9 Å². The highest BCUT2D eigenvalue weighted by molar-refractivity contribution is 6.30. The molecule has 0 fully saturated rings. The number of carbonyl (C=O) groups is 1. The smallest absolute Gasteiger partial charge is 0.259 e. The number of aromatic nitrogens is 1. The number of hydrogen-bond acceptors (Lipinski definition) is 5. The summed E-state index contributed by atoms with van der Waals surface area (Å²) in [6.45, 7) is 4.28. The minimum absolute atomic E-state index is 0.0836. The van der Waals surface area contributed by atoms with Crippen LogP contribution < -0.4 is 20.9 Å². The van der Waals surface area contributed by atoms with Gasteiger partial charge in [-0.2, -0.15) is 5.26 Å². The van der Waals surface area contributed by atoms with Gasteiger partial charge >= 0.3 is 0 Å². The average molecular weight is 473 g/mol. The number of pyridine rings is 1. The molecule has 2 N–H and O–H groups in total. The van der Waals surface area contributed by atoms with Gasteiger partial charge in [0.15, 0.2) is 5.41 Å². The molecule has 1 spiro atoms. The van der Waals surface area contributed by atoms with Gasteiger partial charge in [0.25, 0.3) is 5.56 Å². The molecule has 0 aliphatic carbocycles. The first-order valence-corrected chi connectivity index (χ1v) is 11.2. The molecule has 2 aromatic carbocycles. The van der Waals surface area contributed by atoms with Crippen LogP contribution in [0.15, 0.2) is 70.8 Å². The Kier molecular flexibility index (Phi) is 4.99. The van der Waals surface area contributed by atoms with Crippen molar-refractivity contribution >= 4 is 23.2 Å². The maximum atomic E-state index is 14.4. The summed E-state index contributed by atoms with van der Waals surface area (Å²) in [6.07, 6.45) is 0. The molecule has 2 aliphatic rings. The summed E-state index contributed by atoms with van der Waals surface area (Å²) < 4.78 is 7.32. The minimum Gasteiger partial charge on any atom is -0.440 e. The van der Waals surface area contributed by atoms with Crippen LogP contribution in [0.3, 0.4) is 0 Å². The second-order valence-electron chi connectivity index (χ2n) is 8.31. The van der Waals surface area contributed by atoms with Crippen molar-refractivity contribution in [2.75, 3.05) is 4.90 Å². The number of anilines is 1. The van der Waals surface area contributed by atoms with E-state index in [1.54, 1.807) is 46.7 Å². The lowest BCUT2D eigenvalue weighted by Gasteiger charge is -2.34. The van der Waals surface area contributed by atoms with E-state index >= 15 is 0 Å². The first kappa shape index (κ1) is 21.8. The monoisotopic (exact) mass is 472 g/mol. The molecule has 3 heterocycles. The molecule has 7 nitrogen and oxygen atoms in total. The SMILES string of the molecule is CCn1c(C)cc2c(c1=O)C1(C(=O)N(Cc3ccc(Cl)cc3)c3ccccc31)C(C#N)=C(N)O2. The zero-order valence-electron chi connectivity index (χ0n) is 18.6. The second-order valence-corrected chi connectivity index (χ2v) is 8.75.